The molecule has 1 aliphatic carbocycles. The van der Waals surface area contributed by atoms with Gasteiger partial charge in [0.1, 0.15) is 0 Å². The van der Waals surface area contributed by atoms with Crippen LogP contribution in [0.3, 0.4) is 0 Å². The standard InChI is InChI=1S/C13H22O/c1-14-13-11-9-7-5-3-2-4-6-8-10-12-13/h3,5-6,8,13H,2,4,7,9-12H2,1H3. The highest BCUT2D eigenvalue weighted by Crippen LogP contribution is 2.12. The van der Waals surface area contributed by atoms with E-state index in [1.54, 1.807) is 0 Å². The van der Waals surface area contributed by atoms with Crippen molar-refractivity contribution < 1.29 is 4.74 Å². The Balaban J connectivity index is 2.33. The van der Waals surface area contributed by atoms with Crippen LogP contribution in [0.15, 0.2) is 24.3 Å². The molecule has 0 amide bonds. The summed E-state index contributed by atoms with van der Waals surface area (Å²) >= 11 is 0. The van der Waals surface area contributed by atoms with Gasteiger partial charge in [-0.1, -0.05) is 24.3 Å². The van der Waals surface area contributed by atoms with E-state index >= 15 is 0 Å². The summed E-state index contributed by atoms with van der Waals surface area (Å²) in [6.07, 6.45) is 18.1. The second-order valence-electron chi connectivity index (χ2n) is 3.89. The Bertz CT molecular complexity index is 182. The first-order valence-corrected chi connectivity index (χ1v) is 5.76. The molecule has 1 nitrogen and oxygen atoms in total. The number of rotatable bonds is 1. The molecule has 0 aromatic carbocycles. The molecule has 0 spiro atoms. The fourth-order valence-corrected chi connectivity index (χ4v) is 1.79. The summed E-state index contributed by atoms with van der Waals surface area (Å²) in [6, 6.07) is 0. The minimum Gasteiger partial charge on any atom is -0.381 e. The summed E-state index contributed by atoms with van der Waals surface area (Å²) in [7, 11) is 1.83. The maximum atomic E-state index is 5.44. The van der Waals surface area contributed by atoms with E-state index in [1.807, 2.05) is 7.11 Å². The van der Waals surface area contributed by atoms with Gasteiger partial charge in [-0.05, 0) is 44.9 Å². The van der Waals surface area contributed by atoms with E-state index in [0.717, 1.165) is 0 Å². The van der Waals surface area contributed by atoms with Crippen LogP contribution in [0.4, 0.5) is 0 Å². The Labute approximate surface area is 87.8 Å². The number of methoxy groups -OCH3 is 1. The highest BCUT2D eigenvalue weighted by Gasteiger charge is 2.04. The van der Waals surface area contributed by atoms with Gasteiger partial charge in [0.05, 0.1) is 6.10 Å². The van der Waals surface area contributed by atoms with Gasteiger partial charge in [-0.3, -0.25) is 0 Å². The van der Waals surface area contributed by atoms with E-state index in [0.29, 0.717) is 6.10 Å². The minimum absolute atomic E-state index is 0.465. The topological polar surface area (TPSA) is 9.23 Å². The lowest BCUT2D eigenvalue weighted by atomic mass is 10.1. The molecule has 0 fully saturated rings. The molecule has 0 aromatic heterocycles. The quantitative estimate of drug-likeness (QED) is 0.576. The molecule has 14 heavy (non-hydrogen) atoms. The first kappa shape index (κ1) is 11.5. The van der Waals surface area contributed by atoms with Crippen LogP contribution in [0, 0.1) is 0 Å². The number of hydrogen-bond donors (Lipinski definition) is 0. The summed E-state index contributed by atoms with van der Waals surface area (Å²) in [5, 5.41) is 0. The largest absolute Gasteiger partial charge is 0.381 e. The van der Waals surface area contributed by atoms with Crippen molar-refractivity contribution in [2.24, 2.45) is 0 Å². The van der Waals surface area contributed by atoms with Crippen molar-refractivity contribution in [3.8, 4) is 0 Å². The Morgan fingerprint density at radius 2 is 1.50 bits per heavy atom. The molecule has 1 heteroatoms. The SMILES string of the molecule is COC1CCC=CCCC=CCCC1. The van der Waals surface area contributed by atoms with E-state index in [-0.39, 0.29) is 0 Å². The molecular weight excluding hydrogens is 172 g/mol. The van der Waals surface area contributed by atoms with Crippen LogP contribution in [0.2, 0.25) is 0 Å². The Morgan fingerprint density at radius 3 is 2.21 bits per heavy atom. The van der Waals surface area contributed by atoms with Crippen molar-refractivity contribution in [3.05, 3.63) is 24.3 Å². The van der Waals surface area contributed by atoms with Gasteiger partial charge in [-0.25, -0.2) is 0 Å². The zero-order valence-electron chi connectivity index (χ0n) is 9.24. The molecule has 1 aliphatic rings. The summed E-state index contributed by atoms with van der Waals surface area (Å²) < 4.78 is 5.44. The number of hydrogen-bond acceptors (Lipinski definition) is 1. The summed E-state index contributed by atoms with van der Waals surface area (Å²) in [5.41, 5.74) is 0. The van der Waals surface area contributed by atoms with E-state index < -0.39 is 0 Å². The molecule has 1 unspecified atom stereocenters. The average Bonchev–Trinajstić information content (AvgIpc) is 2.19. The maximum Gasteiger partial charge on any atom is 0.0574 e. The summed E-state index contributed by atoms with van der Waals surface area (Å²) in [5.74, 6) is 0. The molecule has 1 rings (SSSR count). The van der Waals surface area contributed by atoms with Crippen LogP contribution in [0.1, 0.15) is 44.9 Å². The molecule has 0 bridgehead atoms. The smallest absolute Gasteiger partial charge is 0.0574 e. The molecule has 0 saturated heterocycles. The molecule has 0 heterocycles. The molecule has 1 atom stereocenters. The zero-order chi connectivity index (χ0) is 10.1. The van der Waals surface area contributed by atoms with Gasteiger partial charge in [-0.15, -0.1) is 0 Å². The van der Waals surface area contributed by atoms with Gasteiger partial charge >= 0.3 is 0 Å². The minimum atomic E-state index is 0.465. The van der Waals surface area contributed by atoms with Gasteiger partial charge in [0.2, 0.25) is 0 Å². The monoisotopic (exact) mass is 194 g/mol. The molecule has 0 saturated carbocycles. The van der Waals surface area contributed by atoms with Crippen molar-refractivity contribution in [1.29, 1.82) is 0 Å². The van der Waals surface area contributed by atoms with Crippen LogP contribution in [-0.2, 0) is 4.74 Å². The van der Waals surface area contributed by atoms with Crippen molar-refractivity contribution >= 4 is 0 Å². The zero-order valence-corrected chi connectivity index (χ0v) is 9.24. The normalized spacial score (nSPS) is 25.4. The van der Waals surface area contributed by atoms with Crippen LogP contribution in [0.5, 0.6) is 0 Å². The fourth-order valence-electron chi connectivity index (χ4n) is 1.79. The predicted octanol–water partition coefficient (Wildman–Crippen LogP) is 3.86. The van der Waals surface area contributed by atoms with Gasteiger partial charge < -0.3 is 4.74 Å². The highest BCUT2D eigenvalue weighted by atomic mass is 16.5. The highest BCUT2D eigenvalue weighted by molar-refractivity contribution is 4.89. The Morgan fingerprint density at radius 1 is 0.857 bits per heavy atom. The third-order valence-corrected chi connectivity index (χ3v) is 2.72. The van der Waals surface area contributed by atoms with Crippen molar-refractivity contribution in [2.75, 3.05) is 7.11 Å². The Hall–Kier alpha value is -0.560. The van der Waals surface area contributed by atoms with Gasteiger partial charge in [0.15, 0.2) is 0 Å². The van der Waals surface area contributed by atoms with Gasteiger partial charge in [0, 0.05) is 7.11 Å². The molecule has 0 aromatic rings. The first-order chi connectivity index (χ1) is 6.93. The third-order valence-electron chi connectivity index (χ3n) is 2.72. The van der Waals surface area contributed by atoms with E-state index in [2.05, 4.69) is 24.3 Å². The van der Waals surface area contributed by atoms with Gasteiger partial charge in [-0.2, -0.15) is 0 Å². The summed E-state index contributed by atoms with van der Waals surface area (Å²) in [6.45, 7) is 0. The lowest BCUT2D eigenvalue weighted by molar-refractivity contribution is 0.0873. The van der Waals surface area contributed by atoms with E-state index in [9.17, 15) is 0 Å². The van der Waals surface area contributed by atoms with Crippen molar-refractivity contribution in [1.82, 2.24) is 0 Å². The molecule has 0 N–H and O–H groups in total. The van der Waals surface area contributed by atoms with Crippen LogP contribution >= 0.6 is 0 Å². The van der Waals surface area contributed by atoms with E-state index in [1.165, 1.54) is 44.9 Å². The van der Waals surface area contributed by atoms with Crippen LogP contribution in [-0.4, -0.2) is 13.2 Å². The second kappa shape index (κ2) is 7.81. The lowest BCUT2D eigenvalue weighted by Crippen LogP contribution is -2.09. The first-order valence-electron chi connectivity index (χ1n) is 5.76. The van der Waals surface area contributed by atoms with Crippen LogP contribution < -0.4 is 0 Å². The average molecular weight is 194 g/mol. The lowest BCUT2D eigenvalue weighted by Gasteiger charge is -2.13. The van der Waals surface area contributed by atoms with Crippen LogP contribution in [0.25, 0.3) is 0 Å². The van der Waals surface area contributed by atoms with Gasteiger partial charge in [0.25, 0.3) is 0 Å². The molecular formula is C13H22O. The molecule has 0 radical (unpaired) electrons. The van der Waals surface area contributed by atoms with E-state index in [4.69, 9.17) is 4.74 Å². The summed E-state index contributed by atoms with van der Waals surface area (Å²) in [4.78, 5) is 0. The number of allylic oxidation sites excluding steroid dienone is 4. The number of ether oxygens (including phenoxy) is 1. The third kappa shape index (κ3) is 5.23. The van der Waals surface area contributed by atoms with Crippen molar-refractivity contribution in [3.63, 3.8) is 0 Å². The molecule has 80 valence electrons. The Kier molecular flexibility index (Phi) is 6.42. The fraction of sp³-hybridized carbons (Fsp3) is 0.692. The maximum absolute atomic E-state index is 5.44. The molecule has 0 aliphatic heterocycles. The second-order valence-corrected chi connectivity index (χ2v) is 3.89. The van der Waals surface area contributed by atoms with Crippen molar-refractivity contribution in [2.45, 2.75) is 51.0 Å². The predicted molar refractivity (Wildman–Crippen MR) is 61.4 cm³/mol.